The Morgan fingerprint density at radius 1 is 1.30 bits per heavy atom. The van der Waals surface area contributed by atoms with Crippen molar-refractivity contribution in [2.24, 2.45) is 5.41 Å². The fourth-order valence-corrected chi connectivity index (χ4v) is 3.11. The van der Waals surface area contributed by atoms with Gasteiger partial charge in [0.15, 0.2) is 0 Å². The van der Waals surface area contributed by atoms with E-state index in [0.29, 0.717) is 31.6 Å². The van der Waals surface area contributed by atoms with Crippen LogP contribution in [0.4, 0.5) is 10.1 Å². The lowest BCUT2D eigenvalue weighted by Crippen LogP contribution is -2.45. The number of rotatable bonds is 5. The topological polar surface area (TPSA) is 40.5 Å². The van der Waals surface area contributed by atoms with Gasteiger partial charge >= 0.3 is 5.97 Å². The molecule has 0 bridgehead atoms. The van der Waals surface area contributed by atoms with E-state index in [1.165, 1.54) is 6.07 Å². The SMILES string of the molecule is CCN(CC1(C(=O)O)CCCCC1)c1ccccc1F. The zero-order valence-electron chi connectivity index (χ0n) is 11.9. The van der Waals surface area contributed by atoms with Gasteiger partial charge in [-0.1, -0.05) is 31.4 Å². The molecule has 0 spiro atoms. The second-order valence-electron chi connectivity index (χ2n) is 5.61. The number of hydrogen-bond acceptors (Lipinski definition) is 2. The second-order valence-corrected chi connectivity index (χ2v) is 5.61. The predicted octanol–water partition coefficient (Wildman–Crippen LogP) is 3.69. The summed E-state index contributed by atoms with van der Waals surface area (Å²) in [6, 6.07) is 6.58. The minimum atomic E-state index is -0.744. The third kappa shape index (κ3) is 2.94. The fourth-order valence-electron chi connectivity index (χ4n) is 3.11. The highest BCUT2D eigenvalue weighted by atomic mass is 19.1. The molecule has 1 aromatic rings. The summed E-state index contributed by atoms with van der Waals surface area (Å²) in [5.41, 5.74) is -0.225. The van der Waals surface area contributed by atoms with E-state index in [2.05, 4.69) is 0 Å². The number of carboxylic acids is 1. The molecule has 0 aromatic heterocycles. The summed E-state index contributed by atoms with van der Waals surface area (Å²) in [5.74, 6) is -1.03. The summed E-state index contributed by atoms with van der Waals surface area (Å²) < 4.78 is 13.9. The van der Waals surface area contributed by atoms with Crippen molar-refractivity contribution < 1.29 is 14.3 Å². The molecule has 1 fully saturated rings. The molecule has 1 N–H and O–H groups in total. The molecule has 0 heterocycles. The van der Waals surface area contributed by atoms with Crippen molar-refractivity contribution >= 4 is 11.7 Å². The molecule has 0 amide bonds. The van der Waals surface area contributed by atoms with Gasteiger partial charge in [0.2, 0.25) is 0 Å². The Kier molecular flexibility index (Phi) is 4.63. The van der Waals surface area contributed by atoms with Gasteiger partial charge in [-0.05, 0) is 31.9 Å². The van der Waals surface area contributed by atoms with Gasteiger partial charge in [0, 0.05) is 13.1 Å². The van der Waals surface area contributed by atoms with Crippen LogP contribution in [0.15, 0.2) is 24.3 Å². The lowest BCUT2D eigenvalue weighted by molar-refractivity contribution is -0.150. The maximum atomic E-state index is 13.9. The molecule has 1 aliphatic carbocycles. The van der Waals surface area contributed by atoms with Crippen LogP contribution in [0.2, 0.25) is 0 Å². The Hall–Kier alpha value is -1.58. The molecular weight excluding hydrogens is 257 g/mol. The number of halogens is 1. The Labute approximate surface area is 119 Å². The van der Waals surface area contributed by atoms with E-state index in [1.54, 1.807) is 18.2 Å². The molecule has 4 heteroatoms. The Balaban J connectivity index is 2.24. The van der Waals surface area contributed by atoms with Crippen LogP contribution in [0.25, 0.3) is 0 Å². The lowest BCUT2D eigenvalue weighted by Gasteiger charge is -2.38. The quantitative estimate of drug-likeness (QED) is 0.893. The van der Waals surface area contributed by atoms with Crippen molar-refractivity contribution in [3.05, 3.63) is 30.1 Å². The summed E-state index contributed by atoms with van der Waals surface area (Å²) >= 11 is 0. The Morgan fingerprint density at radius 2 is 1.95 bits per heavy atom. The minimum absolute atomic E-state index is 0.286. The van der Waals surface area contributed by atoms with Crippen molar-refractivity contribution in [3.8, 4) is 0 Å². The van der Waals surface area contributed by atoms with Gasteiger partial charge < -0.3 is 10.0 Å². The van der Waals surface area contributed by atoms with Crippen LogP contribution in [-0.2, 0) is 4.79 Å². The van der Waals surface area contributed by atoms with Crippen molar-refractivity contribution in [1.82, 2.24) is 0 Å². The predicted molar refractivity (Wildman–Crippen MR) is 77.4 cm³/mol. The number of nitrogens with zero attached hydrogens (tertiary/aromatic N) is 1. The van der Waals surface area contributed by atoms with Crippen molar-refractivity contribution in [2.75, 3.05) is 18.0 Å². The molecule has 2 rings (SSSR count). The molecule has 20 heavy (non-hydrogen) atoms. The molecule has 0 radical (unpaired) electrons. The summed E-state index contributed by atoms with van der Waals surface area (Å²) in [6.45, 7) is 2.93. The Bertz CT molecular complexity index is 469. The number of para-hydroxylation sites is 1. The van der Waals surface area contributed by atoms with Crippen molar-refractivity contribution in [3.63, 3.8) is 0 Å². The van der Waals surface area contributed by atoms with Gasteiger partial charge in [-0.2, -0.15) is 0 Å². The molecule has 1 saturated carbocycles. The number of carbonyl (C=O) groups is 1. The number of anilines is 1. The third-order valence-corrected chi connectivity index (χ3v) is 4.33. The van der Waals surface area contributed by atoms with E-state index < -0.39 is 11.4 Å². The van der Waals surface area contributed by atoms with Crippen LogP contribution in [0, 0.1) is 11.2 Å². The van der Waals surface area contributed by atoms with Crippen molar-refractivity contribution in [2.45, 2.75) is 39.0 Å². The van der Waals surface area contributed by atoms with Crippen LogP contribution in [0.3, 0.4) is 0 Å². The summed E-state index contributed by atoms with van der Waals surface area (Å²) in [4.78, 5) is 13.6. The lowest BCUT2D eigenvalue weighted by atomic mass is 9.73. The van der Waals surface area contributed by atoms with E-state index in [1.807, 2.05) is 11.8 Å². The molecular formula is C16H22FNO2. The molecule has 3 nitrogen and oxygen atoms in total. The van der Waals surface area contributed by atoms with Gasteiger partial charge in [0.1, 0.15) is 5.82 Å². The van der Waals surface area contributed by atoms with Crippen LogP contribution in [0.1, 0.15) is 39.0 Å². The standard InChI is InChI=1S/C16H22FNO2/c1-2-18(14-9-5-4-8-13(14)17)12-16(15(19)20)10-6-3-7-11-16/h4-5,8-9H,2-3,6-7,10-12H2,1H3,(H,19,20). The molecule has 0 saturated heterocycles. The highest BCUT2D eigenvalue weighted by molar-refractivity contribution is 5.76. The molecule has 1 aromatic carbocycles. The molecule has 0 atom stereocenters. The van der Waals surface area contributed by atoms with E-state index in [4.69, 9.17) is 0 Å². The highest BCUT2D eigenvalue weighted by Crippen LogP contribution is 2.38. The number of hydrogen-bond donors (Lipinski definition) is 1. The van der Waals surface area contributed by atoms with Gasteiger partial charge in [-0.3, -0.25) is 4.79 Å². The average molecular weight is 279 g/mol. The Morgan fingerprint density at radius 3 is 2.50 bits per heavy atom. The summed E-state index contributed by atoms with van der Waals surface area (Å²) in [7, 11) is 0. The normalized spacial score (nSPS) is 17.7. The molecule has 1 aliphatic rings. The number of aliphatic carboxylic acids is 1. The second kappa shape index (κ2) is 6.25. The average Bonchev–Trinajstić information content (AvgIpc) is 2.46. The van der Waals surface area contributed by atoms with E-state index in [9.17, 15) is 14.3 Å². The van der Waals surface area contributed by atoms with Crippen LogP contribution < -0.4 is 4.90 Å². The zero-order chi connectivity index (χ0) is 14.6. The van der Waals surface area contributed by atoms with Gasteiger partial charge in [-0.15, -0.1) is 0 Å². The first kappa shape index (κ1) is 14.8. The monoisotopic (exact) mass is 279 g/mol. The maximum absolute atomic E-state index is 13.9. The smallest absolute Gasteiger partial charge is 0.311 e. The van der Waals surface area contributed by atoms with Crippen LogP contribution >= 0.6 is 0 Å². The van der Waals surface area contributed by atoms with E-state index >= 15 is 0 Å². The molecule has 0 unspecified atom stereocenters. The number of benzene rings is 1. The fraction of sp³-hybridized carbons (Fsp3) is 0.562. The summed E-state index contributed by atoms with van der Waals surface area (Å²) in [5, 5.41) is 9.63. The first-order valence-corrected chi connectivity index (χ1v) is 7.32. The highest BCUT2D eigenvalue weighted by Gasteiger charge is 2.41. The number of carboxylic acid groups (broad SMARTS) is 1. The third-order valence-electron chi connectivity index (χ3n) is 4.33. The molecule has 0 aliphatic heterocycles. The first-order valence-electron chi connectivity index (χ1n) is 7.32. The van der Waals surface area contributed by atoms with E-state index in [-0.39, 0.29) is 5.82 Å². The first-order chi connectivity index (χ1) is 9.59. The van der Waals surface area contributed by atoms with Gasteiger partial charge in [0.25, 0.3) is 0 Å². The van der Waals surface area contributed by atoms with Gasteiger partial charge in [-0.25, -0.2) is 4.39 Å². The largest absolute Gasteiger partial charge is 0.481 e. The molecule has 110 valence electrons. The summed E-state index contributed by atoms with van der Waals surface area (Å²) in [6.07, 6.45) is 4.36. The zero-order valence-corrected chi connectivity index (χ0v) is 11.9. The van der Waals surface area contributed by atoms with Crippen LogP contribution in [0.5, 0.6) is 0 Å². The van der Waals surface area contributed by atoms with Gasteiger partial charge in [0.05, 0.1) is 11.1 Å². The maximum Gasteiger partial charge on any atom is 0.311 e. The van der Waals surface area contributed by atoms with Crippen LogP contribution in [-0.4, -0.2) is 24.2 Å². The van der Waals surface area contributed by atoms with E-state index in [0.717, 1.165) is 19.3 Å². The van der Waals surface area contributed by atoms with Crippen molar-refractivity contribution in [1.29, 1.82) is 0 Å². The minimum Gasteiger partial charge on any atom is -0.481 e.